The van der Waals surface area contributed by atoms with Gasteiger partial charge in [0, 0.05) is 38.8 Å². The molecule has 1 saturated heterocycles. The van der Waals surface area contributed by atoms with Crippen LogP contribution in [0.15, 0.2) is 83.8 Å². The first-order chi connectivity index (χ1) is 17.8. The molecule has 0 atom stereocenters. The molecule has 9 nitrogen and oxygen atoms in total. The van der Waals surface area contributed by atoms with E-state index in [4.69, 9.17) is 0 Å². The number of rotatable bonds is 11. The number of anilines is 1. The number of sulfonamides is 1. The summed E-state index contributed by atoms with van der Waals surface area (Å²) in [7, 11) is -1.79. The number of piperazine rings is 1. The molecule has 0 aromatic heterocycles. The summed E-state index contributed by atoms with van der Waals surface area (Å²) >= 11 is 0. The Bertz CT molecular complexity index is 1240. The topological polar surface area (TPSA) is 108 Å². The van der Waals surface area contributed by atoms with Crippen molar-refractivity contribution in [3.8, 4) is 0 Å². The van der Waals surface area contributed by atoms with Gasteiger partial charge >= 0.3 is 0 Å². The van der Waals surface area contributed by atoms with Gasteiger partial charge in [-0.3, -0.25) is 10.1 Å². The van der Waals surface area contributed by atoms with E-state index in [1.54, 1.807) is 0 Å². The molecule has 0 unspecified atom stereocenters. The smallest absolute Gasteiger partial charge is 0.293 e. The Morgan fingerprint density at radius 3 is 2.08 bits per heavy atom. The van der Waals surface area contributed by atoms with E-state index in [9.17, 15) is 18.5 Å². The Labute approximate surface area is 218 Å². The molecule has 37 heavy (non-hydrogen) atoms. The molecule has 1 fully saturated rings. The second kappa shape index (κ2) is 12.3. The Morgan fingerprint density at radius 1 is 0.919 bits per heavy atom. The fourth-order valence-electron chi connectivity index (χ4n) is 4.42. The van der Waals surface area contributed by atoms with Crippen molar-refractivity contribution in [2.45, 2.75) is 17.4 Å². The van der Waals surface area contributed by atoms with Crippen LogP contribution in [-0.4, -0.2) is 69.5 Å². The van der Waals surface area contributed by atoms with Crippen LogP contribution in [0.5, 0.6) is 0 Å². The molecular weight excluding hydrogens is 490 g/mol. The minimum atomic E-state index is -3.89. The normalized spacial score (nSPS) is 15.1. The minimum Gasteiger partial charge on any atom is -0.369 e. The lowest BCUT2D eigenvalue weighted by Crippen LogP contribution is -2.45. The Balaban J connectivity index is 1.48. The average molecular weight is 524 g/mol. The number of nitro groups is 1. The first-order valence-corrected chi connectivity index (χ1v) is 13.9. The molecule has 2 N–H and O–H groups in total. The summed E-state index contributed by atoms with van der Waals surface area (Å²) < 4.78 is 28.4. The third-order valence-corrected chi connectivity index (χ3v) is 8.04. The predicted molar refractivity (Wildman–Crippen MR) is 145 cm³/mol. The Hall–Kier alpha value is -3.31. The van der Waals surface area contributed by atoms with Gasteiger partial charge in [0.25, 0.3) is 5.69 Å². The lowest BCUT2D eigenvalue weighted by atomic mass is 9.98. The molecule has 0 saturated carbocycles. The van der Waals surface area contributed by atoms with Gasteiger partial charge in [0.15, 0.2) is 0 Å². The van der Waals surface area contributed by atoms with Crippen molar-refractivity contribution in [2.75, 3.05) is 51.6 Å². The zero-order valence-corrected chi connectivity index (χ0v) is 21.7. The summed E-state index contributed by atoms with van der Waals surface area (Å²) in [5, 5.41) is 15.2. The van der Waals surface area contributed by atoms with Crippen LogP contribution in [-0.2, 0) is 10.0 Å². The summed E-state index contributed by atoms with van der Waals surface area (Å²) in [6, 6.07) is 22.9. The quantitative estimate of drug-likeness (QED) is 0.224. The molecule has 10 heteroatoms. The second-order valence-electron chi connectivity index (χ2n) is 9.23. The highest BCUT2D eigenvalue weighted by Crippen LogP contribution is 2.33. The number of hydrogen-bond donors (Lipinski definition) is 2. The van der Waals surface area contributed by atoms with Gasteiger partial charge in [-0.2, -0.15) is 0 Å². The Morgan fingerprint density at radius 2 is 1.51 bits per heavy atom. The first-order valence-electron chi connectivity index (χ1n) is 12.4. The molecule has 0 spiro atoms. The molecular formula is C27H33N5O4S. The number of likely N-dealkylation sites (N-methyl/N-ethyl adjacent to an activating group) is 1. The van der Waals surface area contributed by atoms with Crippen molar-refractivity contribution in [1.82, 2.24) is 14.5 Å². The second-order valence-corrected chi connectivity index (χ2v) is 11.0. The van der Waals surface area contributed by atoms with E-state index in [1.807, 2.05) is 60.7 Å². The maximum absolute atomic E-state index is 12.9. The van der Waals surface area contributed by atoms with Gasteiger partial charge in [-0.15, -0.1) is 0 Å². The van der Waals surface area contributed by atoms with Crippen LogP contribution in [0.1, 0.15) is 23.6 Å². The summed E-state index contributed by atoms with van der Waals surface area (Å²) in [5.41, 5.74) is 1.82. The maximum Gasteiger partial charge on any atom is 0.293 e. The van der Waals surface area contributed by atoms with Gasteiger partial charge in [0.05, 0.1) is 15.9 Å². The summed E-state index contributed by atoms with van der Waals surface area (Å²) in [5.74, 6) is 0. The lowest BCUT2D eigenvalue weighted by Gasteiger charge is -2.32. The number of nitrogens with one attached hydrogen (secondary N) is 2. The zero-order chi connectivity index (χ0) is 26.3. The van der Waals surface area contributed by atoms with E-state index in [0.29, 0.717) is 6.42 Å². The van der Waals surface area contributed by atoms with E-state index in [1.165, 1.54) is 12.1 Å². The van der Waals surface area contributed by atoms with E-state index >= 15 is 0 Å². The standard InChI is InChI=1S/C27H33N5O4S/c1-30-17-19-31(20-18-30)16-8-15-28-37(35,36)24-13-14-25(26(21-24)32(33)34)29-27(22-9-4-2-5-10-22)23-11-6-3-7-12-23/h2-7,9-14,21,27-29H,8,15-20H2,1H3. The number of benzene rings is 3. The fourth-order valence-corrected chi connectivity index (χ4v) is 5.52. The number of nitrogens with zero attached hydrogens (tertiary/aromatic N) is 3. The first kappa shape index (κ1) is 26.7. The molecule has 0 radical (unpaired) electrons. The van der Waals surface area contributed by atoms with Gasteiger partial charge in [-0.1, -0.05) is 60.7 Å². The van der Waals surface area contributed by atoms with Crippen LogP contribution in [0, 0.1) is 10.1 Å². The van der Waals surface area contributed by atoms with Gasteiger partial charge in [0.1, 0.15) is 5.69 Å². The molecule has 0 amide bonds. The van der Waals surface area contributed by atoms with Crippen LogP contribution >= 0.6 is 0 Å². The van der Waals surface area contributed by atoms with Crippen LogP contribution in [0.4, 0.5) is 11.4 Å². The van der Waals surface area contributed by atoms with Crippen LogP contribution in [0.25, 0.3) is 0 Å². The lowest BCUT2D eigenvalue weighted by molar-refractivity contribution is -0.384. The van der Waals surface area contributed by atoms with Crippen molar-refractivity contribution in [2.24, 2.45) is 0 Å². The highest BCUT2D eigenvalue weighted by Gasteiger charge is 2.24. The largest absolute Gasteiger partial charge is 0.369 e. The molecule has 0 bridgehead atoms. The zero-order valence-electron chi connectivity index (χ0n) is 20.9. The molecule has 1 aliphatic heterocycles. The van der Waals surface area contributed by atoms with Crippen molar-refractivity contribution in [1.29, 1.82) is 0 Å². The average Bonchev–Trinajstić information content (AvgIpc) is 2.91. The molecule has 196 valence electrons. The summed E-state index contributed by atoms with van der Waals surface area (Å²) in [4.78, 5) is 15.9. The molecule has 3 aromatic carbocycles. The van der Waals surface area contributed by atoms with E-state index < -0.39 is 14.9 Å². The number of nitro benzene ring substituents is 1. The van der Waals surface area contributed by atoms with Gasteiger partial charge in [0.2, 0.25) is 10.0 Å². The van der Waals surface area contributed by atoms with Crippen LogP contribution in [0.3, 0.4) is 0 Å². The summed E-state index contributed by atoms with van der Waals surface area (Å²) in [6.07, 6.45) is 0.667. The molecule has 0 aliphatic carbocycles. The molecule has 3 aromatic rings. The van der Waals surface area contributed by atoms with Crippen molar-refractivity contribution in [3.05, 3.63) is 100 Å². The van der Waals surface area contributed by atoms with Gasteiger partial charge in [-0.05, 0) is 43.3 Å². The minimum absolute atomic E-state index is 0.125. The predicted octanol–water partition coefficient (Wildman–Crippen LogP) is 3.71. The monoisotopic (exact) mass is 523 g/mol. The van der Waals surface area contributed by atoms with Crippen LogP contribution in [0.2, 0.25) is 0 Å². The third-order valence-electron chi connectivity index (χ3n) is 6.58. The highest BCUT2D eigenvalue weighted by atomic mass is 32.2. The van der Waals surface area contributed by atoms with Gasteiger partial charge in [-0.25, -0.2) is 13.1 Å². The van der Waals surface area contributed by atoms with Gasteiger partial charge < -0.3 is 15.1 Å². The third kappa shape index (κ3) is 7.14. The fraction of sp³-hybridized carbons (Fsp3) is 0.333. The van der Waals surface area contributed by atoms with Crippen molar-refractivity contribution < 1.29 is 13.3 Å². The van der Waals surface area contributed by atoms with Crippen LogP contribution < -0.4 is 10.0 Å². The number of hydrogen-bond acceptors (Lipinski definition) is 7. The van der Waals surface area contributed by atoms with Crippen molar-refractivity contribution >= 4 is 21.4 Å². The Kier molecular flexibility index (Phi) is 8.88. The van der Waals surface area contributed by atoms with E-state index in [-0.39, 0.29) is 28.9 Å². The summed E-state index contributed by atoms with van der Waals surface area (Å²) in [6.45, 7) is 5.02. The SMILES string of the molecule is CN1CCN(CCCNS(=O)(=O)c2ccc(NC(c3ccccc3)c3ccccc3)c([N+](=O)[O-])c2)CC1. The van der Waals surface area contributed by atoms with Crippen molar-refractivity contribution in [3.63, 3.8) is 0 Å². The van der Waals surface area contributed by atoms with E-state index in [2.05, 4.69) is 26.9 Å². The maximum atomic E-state index is 12.9. The molecule has 1 aliphatic rings. The van der Waals surface area contributed by atoms with E-state index in [0.717, 1.165) is 49.9 Å². The molecule has 1 heterocycles. The highest BCUT2D eigenvalue weighted by molar-refractivity contribution is 7.89. The molecule has 4 rings (SSSR count).